The highest BCUT2D eigenvalue weighted by atomic mass is 32.1. The Morgan fingerprint density at radius 3 is 2.77 bits per heavy atom. The van der Waals surface area contributed by atoms with Gasteiger partial charge in [0.1, 0.15) is 7.85 Å². The van der Waals surface area contributed by atoms with E-state index < -0.39 is 0 Å². The lowest BCUT2D eigenvalue weighted by atomic mass is 9.89. The molecule has 0 aliphatic heterocycles. The normalized spacial score (nSPS) is 16.0. The quantitative estimate of drug-likeness (QED) is 0.718. The van der Waals surface area contributed by atoms with Crippen LogP contribution in [0.5, 0.6) is 0 Å². The van der Waals surface area contributed by atoms with Crippen LogP contribution in [0.25, 0.3) is 0 Å². The highest BCUT2D eigenvalue weighted by molar-refractivity contribution is 7.10. The lowest BCUT2D eigenvalue weighted by molar-refractivity contribution is 0.149. The van der Waals surface area contributed by atoms with E-state index in [0.29, 0.717) is 5.94 Å². The summed E-state index contributed by atoms with van der Waals surface area (Å²) in [6.07, 6.45) is 0.491. The molecule has 1 N–H and O–H groups in total. The van der Waals surface area contributed by atoms with Crippen LogP contribution in [0, 0.1) is 0 Å². The molecule has 0 aromatic carbocycles. The summed E-state index contributed by atoms with van der Waals surface area (Å²) in [5, 5.41) is 11.8. The zero-order chi connectivity index (χ0) is 9.84. The molecule has 0 amide bonds. The third kappa shape index (κ3) is 3.14. The molecule has 0 fully saturated rings. The Hall–Kier alpha value is -0.315. The van der Waals surface area contributed by atoms with Gasteiger partial charge in [0.05, 0.1) is 6.10 Å². The van der Waals surface area contributed by atoms with Gasteiger partial charge in [-0.1, -0.05) is 6.07 Å². The fraction of sp³-hybridized carbons (Fsp3) is 0.556. The summed E-state index contributed by atoms with van der Waals surface area (Å²) in [5.41, 5.74) is 0. The Balaban J connectivity index is 2.46. The van der Waals surface area contributed by atoms with Crippen molar-refractivity contribution in [3.05, 3.63) is 22.4 Å². The van der Waals surface area contributed by atoms with Crippen molar-refractivity contribution in [1.82, 2.24) is 4.90 Å². The van der Waals surface area contributed by atoms with E-state index in [2.05, 4.69) is 12.7 Å². The summed E-state index contributed by atoms with van der Waals surface area (Å²) in [4.78, 5) is 3.19. The fourth-order valence-electron chi connectivity index (χ4n) is 1.13. The first kappa shape index (κ1) is 10.8. The van der Waals surface area contributed by atoms with Crippen molar-refractivity contribution in [3.8, 4) is 0 Å². The van der Waals surface area contributed by atoms with Gasteiger partial charge < -0.3 is 10.0 Å². The van der Waals surface area contributed by atoms with Crippen molar-refractivity contribution in [2.45, 2.75) is 18.5 Å². The summed E-state index contributed by atoms with van der Waals surface area (Å²) in [6, 6.07) is 3.96. The van der Waals surface area contributed by atoms with Gasteiger partial charge in [-0.25, -0.2) is 0 Å². The first-order chi connectivity index (χ1) is 6.11. The number of hydrogen-bond acceptors (Lipinski definition) is 3. The van der Waals surface area contributed by atoms with E-state index in [1.807, 2.05) is 31.6 Å². The molecule has 2 atom stereocenters. The standard InChI is InChI=1S/C9H16BNOS/c1-11(2)9(10)6-7(12)8-4-3-5-13-8/h3-5,7,9,12H,6,10H2,1-2H3/t7-,9?/m0/s1. The third-order valence-corrected chi connectivity index (χ3v) is 3.29. The number of aliphatic hydroxyl groups excluding tert-OH is 1. The minimum Gasteiger partial charge on any atom is -0.388 e. The maximum Gasteiger partial charge on any atom is 0.123 e. The average Bonchev–Trinajstić information content (AvgIpc) is 2.55. The van der Waals surface area contributed by atoms with Crippen molar-refractivity contribution in [2.24, 2.45) is 0 Å². The molecule has 0 spiro atoms. The van der Waals surface area contributed by atoms with Crippen molar-refractivity contribution in [1.29, 1.82) is 0 Å². The minimum atomic E-state index is -0.308. The van der Waals surface area contributed by atoms with E-state index in [1.165, 1.54) is 0 Å². The van der Waals surface area contributed by atoms with Gasteiger partial charge in [-0.3, -0.25) is 0 Å². The Labute approximate surface area is 84.6 Å². The number of hydrogen-bond donors (Lipinski definition) is 1. The summed E-state index contributed by atoms with van der Waals surface area (Å²) in [5.74, 6) is 0.414. The molecular formula is C9H16BNOS. The van der Waals surface area contributed by atoms with Crippen LogP contribution in [0.3, 0.4) is 0 Å². The second-order valence-corrected chi connectivity index (χ2v) is 4.56. The van der Waals surface area contributed by atoms with E-state index in [0.717, 1.165) is 11.3 Å². The van der Waals surface area contributed by atoms with Gasteiger partial charge in [0.15, 0.2) is 0 Å². The van der Waals surface area contributed by atoms with Gasteiger partial charge in [-0.15, -0.1) is 11.3 Å². The monoisotopic (exact) mass is 197 g/mol. The third-order valence-electron chi connectivity index (χ3n) is 2.32. The molecule has 1 aromatic heterocycles. The fourth-order valence-corrected chi connectivity index (χ4v) is 1.86. The van der Waals surface area contributed by atoms with Crippen LogP contribution in [-0.2, 0) is 0 Å². The molecule has 0 aliphatic rings. The summed E-state index contributed by atoms with van der Waals surface area (Å²) in [7, 11) is 6.19. The molecule has 2 nitrogen and oxygen atoms in total. The van der Waals surface area contributed by atoms with Crippen molar-refractivity contribution in [2.75, 3.05) is 14.1 Å². The lowest BCUT2D eigenvalue weighted by Crippen LogP contribution is -2.29. The first-order valence-corrected chi connectivity index (χ1v) is 5.37. The largest absolute Gasteiger partial charge is 0.388 e. The van der Waals surface area contributed by atoms with Crippen LogP contribution in [0.2, 0.25) is 0 Å². The molecule has 0 aliphatic carbocycles. The summed E-state index contributed by atoms with van der Waals surface area (Å²) in [6.45, 7) is 0. The predicted molar refractivity (Wildman–Crippen MR) is 59.9 cm³/mol. The van der Waals surface area contributed by atoms with Crippen LogP contribution in [0.1, 0.15) is 17.4 Å². The minimum absolute atomic E-state index is 0.308. The molecular weight excluding hydrogens is 181 g/mol. The predicted octanol–water partition coefficient (Wildman–Crippen LogP) is 0.692. The molecule has 0 saturated carbocycles. The van der Waals surface area contributed by atoms with Gasteiger partial charge >= 0.3 is 0 Å². The van der Waals surface area contributed by atoms with E-state index in [-0.39, 0.29) is 6.10 Å². The second-order valence-electron chi connectivity index (χ2n) is 3.58. The van der Waals surface area contributed by atoms with Crippen molar-refractivity contribution >= 4 is 19.2 Å². The van der Waals surface area contributed by atoms with Crippen LogP contribution < -0.4 is 0 Å². The van der Waals surface area contributed by atoms with E-state index in [1.54, 1.807) is 11.3 Å². The molecule has 0 bridgehead atoms. The first-order valence-electron chi connectivity index (χ1n) is 4.49. The van der Waals surface area contributed by atoms with Crippen molar-refractivity contribution < 1.29 is 5.11 Å². The van der Waals surface area contributed by atoms with Crippen molar-refractivity contribution in [3.63, 3.8) is 0 Å². The molecule has 1 heterocycles. The highest BCUT2D eigenvalue weighted by Crippen LogP contribution is 2.22. The summed E-state index contributed by atoms with van der Waals surface area (Å²) < 4.78 is 0. The topological polar surface area (TPSA) is 23.5 Å². The number of nitrogens with zero attached hydrogens (tertiary/aromatic N) is 1. The van der Waals surface area contributed by atoms with Crippen LogP contribution >= 0.6 is 11.3 Å². The summed E-state index contributed by atoms with van der Waals surface area (Å²) >= 11 is 1.62. The smallest absolute Gasteiger partial charge is 0.123 e. The molecule has 1 aromatic rings. The van der Waals surface area contributed by atoms with Gasteiger partial charge in [0, 0.05) is 4.88 Å². The zero-order valence-electron chi connectivity index (χ0n) is 8.40. The number of rotatable bonds is 4. The van der Waals surface area contributed by atoms with Gasteiger partial charge in [0.25, 0.3) is 0 Å². The van der Waals surface area contributed by atoms with Crippen LogP contribution in [0.4, 0.5) is 0 Å². The van der Waals surface area contributed by atoms with Gasteiger partial charge in [0.2, 0.25) is 0 Å². The highest BCUT2D eigenvalue weighted by Gasteiger charge is 2.14. The van der Waals surface area contributed by atoms with E-state index >= 15 is 0 Å². The van der Waals surface area contributed by atoms with Crippen LogP contribution in [-0.4, -0.2) is 37.9 Å². The van der Waals surface area contributed by atoms with Gasteiger partial charge in [-0.05, 0) is 37.9 Å². The van der Waals surface area contributed by atoms with E-state index in [4.69, 9.17) is 0 Å². The molecule has 0 saturated heterocycles. The molecule has 1 unspecified atom stereocenters. The molecule has 0 radical (unpaired) electrons. The number of thiophene rings is 1. The van der Waals surface area contributed by atoms with Gasteiger partial charge in [-0.2, -0.15) is 0 Å². The van der Waals surface area contributed by atoms with Crippen LogP contribution in [0.15, 0.2) is 17.5 Å². The Morgan fingerprint density at radius 2 is 2.31 bits per heavy atom. The maximum atomic E-state index is 9.81. The Kier molecular flexibility index (Phi) is 3.97. The molecule has 13 heavy (non-hydrogen) atoms. The second kappa shape index (κ2) is 4.79. The maximum absolute atomic E-state index is 9.81. The molecule has 72 valence electrons. The lowest BCUT2D eigenvalue weighted by Gasteiger charge is -2.22. The molecule has 1 rings (SSSR count). The SMILES string of the molecule is BC(C[C@H](O)c1cccs1)N(C)C. The Morgan fingerprint density at radius 1 is 1.62 bits per heavy atom. The van der Waals surface area contributed by atoms with E-state index in [9.17, 15) is 5.11 Å². The average molecular weight is 197 g/mol. The Bertz CT molecular complexity index is 238. The number of aliphatic hydroxyl groups is 1. The molecule has 4 heteroatoms. The zero-order valence-corrected chi connectivity index (χ0v) is 9.21.